The number of thiocarbonyl (C=S) groups is 3. The summed E-state index contributed by atoms with van der Waals surface area (Å²) in [6, 6.07) is 0. The Hall–Kier alpha value is -0.374. The molecule has 0 aromatic heterocycles. The molecular formula is C17H27ClKN3O11S5. The molecule has 0 saturated heterocycles. The summed E-state index contributed by atoms with van der Waals surface area (Å²) in [6.45, 7) is 7.95. The molecule has 0 bridgehead atoms. The van der Waals surface area contributed by atoms with Gasteiger partial charge in [-0.1, -0.05) is 12.2 Å². The number of amides is 2. The molecule has 0 atom stereocenters. The maximum atomic E-state index is 10.6. The van der Waals surface area contributed by atoms with Crippen molar-refractivity contribution in [1.82, 2.24) is 0 Å². The van der Waals surface area contributed by atoms with Crippen molar-refractivity contribution < 1.29 is 102 Å². The van der Waals surface area contributed by atoms with Crippen molar-refractivity contribution in [3.8, 4) is 0 Å². The number of hydrogen-bond donors (Lipinski definition) is 0. The van der Waals surface area contributed by atoms with Gasteiger partial charge in [0.25, 0.3) is 0 Å². The Morgan fingerprint density at radius 2 is 1.29 bits per heavy atom. The molecule has 0 aliphatic heterocycles. The zero-order chi connectivity index (χ0) is 30.7. The van der Waals surface area contributed by atoms with Gasteiger partial charge in [-0.05, 0) is 46.2 Å². The van der Waals surface area contributed by atoms with Crippen LogP contribution in [-0.2, 0) is 37.8 Å². The van der Waals surface area contributed by atoms with E-state index >= 15 is 0 Å². The average Bonchev–Trinajstić information content (AvgIpc) is 2.82. The number of carbonyl (C=O) groups is 3. The van der Waals surface area contributed by atoms with Gasteiger partial charge in [-0.3, -0.25) is 8.37 Å². The van der Waals surface area contributed by atoms with E-state index in [2.05, 4.69) is 69.2 Å². The predicted molar refractivity (Wildman–Crippen MR) is 151 cm³/mol. The topological polar surface area (TPSA) is 196 Å². The molecule has 0 N–H and O–H groups in total. The number of rotatable bonds is 5. The molecule has 0 aliphatic carbocycles. The van der Waals surface area contributed by atoms with Gasteiger partial charge in [0, 0.05) is 23.8 Å². The number of nitrogens with zero attached hydrogens (tertiary/aromatic N) is 3. The molecular weight excluding hydrogens is 657 g/mol. The van der Waals surface area contributed by atoms with E-state index in [1.165, 1.54) is 16.9 Å². The van der Waals surface area contributed by atoms with E-state index in [1.54, 1.807) is 27.7 Å². The van der Waals surface area contributed by atoms with Crippen molar-refractivity contribution in [2.75, 3.05) is 40.3 Å². The second kappa shape index (κ2) is 46.5. The van der Waals surface area contributed by atoms with Crippen LogP contribution in [0.1, 0.15) is 27.7 Å². The van der Waals surface area contributed by atoms with Crippen LogP contribution < -0.4 is 51.4 Å². The number of carbonyl (C=O) groups excluding carboxylic acids is 4. The van der Waals surface area contributed by atoms with E-state index in [0.717, 1.165) is 24.5 Å². The molecule has 21 heteroatoms. The van der Waals surface area contributed by atoms with Crippen LogP contribution in [0.2, 0.25) is 0 Å². The van der Waals surface area contributed by atoms with Crippen molar-refractivity contribution in [2.24, 2.45) is 9.98 Å². The van der Waals surface area contributed by atoms with E-state index in [0.29, 0.717) is 19.8 Å². The molecule has 0 unspecified atom stereocenters. The predicted octanol–water partition coefficient (Wildman–Crippen LogP) is 1.99. The van der Waals surface area contributed by atoms with Crippen molar-refractivity contribution in [1.29, 1.82) is 0 Å². The van der Waals surface area contributed by atoms with E-state index < -0.39 is 28.0 Å². The Kier molecular flexibility index (Phi) is 65.8. The van der Waals surface area contributed by atoms with Gasteiger partial charge >= 0.3 is 79.4 Å². The van der Waals surface area contributed by atoms with Crippen LogP contribution in [0.25, 0.3) is 5.41 Å². The second-order valence-corrected chi connectivity index (χ2v) is 7.35. The minimum absolute atomic E-state index is 0. The average molecular weight is 684 g/mol. The molecule has 0 saturated carbocycles. The summed E-state index contributed by atoms with van der Waals surface area (Å²) in [4.78, 5) is 45.4. The van der Waals surface area contributed by atoms with Crippen LogP contribution in [0, 0.1) is 0 Å². The fourth-order valence-corrected chi connectivity index (χ4v) is 1.19. The summed E-state index contributed by atoms with van der Waals surface area (Å²) >= 11 is 17.6. The summed E-state index contributed by atoms with van der Waals surface area (Å²) in [5, 5.41) is 12.2. The monoisotopic (exact) mass is 683 g/mol. The second-order valence-electron chi connectivity index (χ2n) is 4.02. The molecule has 14 nitrogen and oxygen atoms in total. The molecule has 0 radical (unpaired) electrons. The maximum absolute atomic E-state index is 10.6. The molecule has 0 aliphatic rings. The van der Waals surface area contributed by atoms with Crippen molar-refractivity contribution >= 4 is 109 Å². The van der Waals surface area contributed by atoms with Crippen LogP contribution in [0.15, 0.2) is 9.98 Å². The van der Waals surface area contributed by atoms with Crippen LogP contribution in [0.3, 0.4) is 0 Å². The van der Waals surface area contributed by atoms with Gasteiger partial charge in [0.05, 0.1) is 44.2 Å². The van der Waals surface area contributed by atoms with Gasteiger partial charge < -0.3 is 19.6 Å². The van der Waals surface area contributed by atoms with E-state index in [1.807, 2.05) is 11.4 Å². The molecule has 38 heavy (non-hydrogen) atoms. The molecule has 0 aromatic carbocycles. The molecule has 0 aromatic rings. The Bertz CT molecular complexity index is 838. The molecule has 0 spiro atoms. The van der Waals surface area contributed by atoms with Crippen molar-refractivity contribution in [3.05, 3.63) is 5.41 Å². The van der Waals surface area contributed by atoms with Crippen LogP contribution in [0.5, 0.6) is 0 Å². The maximum Gasteiger partial charge on any atom is 1.00 e. The van der Waals surface area contributed by atoms with Gasteiger partial charge in [0.15, 0.2) is 0 Å². The van der Waals surface area contributed by atoms with Crippen molar-refractivity contribution in [3.63, 3.8) is 0 Å². The van der Waals surface area contributed by atoms with E-state index in [9.17, 15) is 22.8 Å². The quantitative estimate of drug-likeness (QED) is 0.102. The Labute approximate surface area is 290 Å². The minimum atomic E-state index is -3.66. The number of aliphatic imine (C=N–C) groups is 2. The molecule has 214 valence electrons. The summed E-state index contributed by atoms with van der Waals surface area (Å²) in [5.74, 6) is 0. The van der Waals surface area contributed by atoms with E-state index in [-0.39, 0.29) is 51.4 Å². The molecule has 2 amide bonds. The normalized spacial score (nSPS) is 8.26. The first kappa shape index (κ1) is 53.8. The van der Waals surface area contributed by atoms with Crippen molar-refractivity contribution in [2.45, 2.75) is 27.7 Å². The van der Waals surface area contributed by atoms with Gasteiger partial charge in [0.2, 0.25) is 5.23 Å². The van der Waals surface area contributed by atoms with Gasteiger partial charge in [-0.25, -0.2) is 19.2 Å². The van der Waals surface area contributed by atoms with Crippen LogP contribution >= 0.6 is 60.0 Å². The third-order valence-electron chi connectivity index (χ3n) is 1.88. The zero-order valence-electron chi connectivity index (χ0n) is 21.9. The molecule has 0 fully saturated rings. The number of isothiocyanates is 2. The van der Waals surface area contributed by atoms with Gasteiger partial charge in [-0.15, -0.1) is 16.8 Å². The number of thioether (sulfide) groups is 1. The van der Waals surface area contributed by atoms with Gasteiger partial charge in [-0.2, -0.15) is 18.6 Å². The Balaban J connectivity index is -0.0000000632. The first-order valence-electron chi connectivity index (χ1n) is 8.93. The fourth-order valence-electron chi connectivity index (χ4n) is 0.704. The Morgan fingerprint density at radius 3 is 1.47 bits per heavy atom. The summed E-state index contributed by atoms with van der Waals surface area (Å²) in [6.07, 6.45) is 0.676. The van der Waals surface area contributed by atoms with Crippen LogP contribution in [-0.4, -0.2) is 86.9 Å². The van der Waals surface area contributed by atoms with Gasteiger partial charge in [0.1, 0.15) is 0 Å². The largest absolute Gasteiger partial charge is 1.00 e. The standard InChI is InChI=1S/C6H11NO2S.C4H5NO2S.C3H5ClO2.C2H6O4S.CNS.COS.K/c1-4-9-6(8)7-5(2)10-3;1-2-7-4(6)5-3-8;1-2-6-3(4)5;1-5-7(3,4)6-2;2*2-1-3;/h4H2,1-3H3;2H2,1H3;2H2,1H3;1-2H3;;;/q;;;;-1;;+1. The third-order valence-corrected chi connectivity index (χ3v) is 3.58. The minimum Gasteiger partial charge on any atom is -0.753 e. The number of hydrogen-bond acceptors (Lipinski definition) is 15. The third kappa shape index (κ3) is 76.5. The first-order valence-corrected chi connectivity index (χ1v) is 13.1. The summed E-state index contributed by atoms with van der Waals surface area (Å²) in [7, 11) is -1.60. The fraction of sp³-hybridized carbons (Fsp3) is 0.588. The summed E-state index contributed by atoms with van der Waals surface area (Å²) in [5.41, 5.74) is -0.738. The van der Waals surface area contributed by atoms with Crippen LogP contribution in [0.4, 0.5) is 14.4 Å². The number of ether oxygens (including phenoxy) is 3. The molecule has 0 heterocycles. The SMILES string of the molecule is CCOC(=O)Cl.CCOC(=O)N=C(C)SC.CCOC(=O)N=C=S.COS(=O)(=O)OC.O=C=S.[K+].[N-]=C=S. The molecule has 0 rings (SSSR count). The summed E-state index contributed by atoms with van der Waals surface area (Å²) < 4.78 is 40.6. The smallest absolute Gasteiger partial charge is 0.753 e. The first-order chi connectivity index (χ1) is 17.2. The van der Waals surface area contributed by atoms with E-state index in [4.69, 9.17) is 21.8 Å². The number of halogens is 1. The zero-order valence-corrected chi connectivity index (χ0v) is 29.8. The Morgan fingerprint density at radius 1 is 0.947 bits per heavy atom.